The molecule has 4 rings (SSSR count). The molecule has 7 heteroatoms. The zero-order valence-corrected chi connectivity index (χ0v) is 13.7. The zero-order valence-electron chi connectivity index (χ0n) is 13.7. The van der Waals surface area contributed by atoms with E-state index < -0.39 is 0 Å². The van der Waals surface area contributed by atoms with Gasteiger partial charge in [-0.05, 0) is 36.1 Å². The number of aromatic nitrogens is 3. The molecule has 3 heterocycles. The Morgan fingerprint density at radius 2 is 2.24 bits per heavy atom. The summed E-state index contributed by atoms with van der Waals surface area (Å²) >= 11 is 0. The highest BCUT2D eigenvalue weighted by atomic mass is 19.1. The van der Waals surface area contributed by atoms with Crippen molar-refractivity contribution in [2.24, 2.45) is 5.92 Å². The summed E-state index contributed by atoms with van der Waals surface area (Å²) in [5.74, 6) is 0.323. The first-order chi connectivity index (χ1) is 12.1. The van der Waals surface area contributed by atoms with Crippen molar-refractivity contribution < 1.29 is 13.6 Å². The second kappa shape index (κ2) is 6.16. The summed E-state index contributed by atoms with van der Waals surface area (Å²) in [6.07, 6.45) is 4.04. The number of halogens is 1. The van der Waals surface area contributed by atoms with E-state index in [0.29, 0.717) is 24.5 Å². The number of amides is 1. The van der Waals surface area contributed by atoms with Crippen LogP contribution in [0.15, 0.2) is 47.1 Å². The lowest BCUT2D eigenvalue weighted by Crippen LogP contribution is -2.39. The molecule has 6 nitrogen and oxygen atoms in total. The van der Waals surface area contributed by atoms with Crippen molar-refractivity contribution in [3.63, 3.8) is 0 Å². The van der Waals surface area contributed by atoms with E-state index >= 15 is 0 Å². The van der Waals surface area contributed by atoms with E-state index in [1.807, 2.05) is 13.0 Å². The third-order valence-corrected chi connectivity index (χ3v) is 4.31. The Morgan fingerprint density at radius 1 is 1.36 bits per heavy atom. The van der Waals surface area contributed by atoms with E-state index in [2.05, 4.69) is 10.3 Å². The molecule has 0 N–H and O–H groups in total. The minimum Gasteiger partial charge on any atom is -0.454 e. The minimum atomic E-state index is -0.382. The fourth-order valence-electron chi connectivity index (χ4n) is 3.24. The predicted molar refractivity (Wildman–Crippen MR) is 88.8 cm³/mol. The van der Waals surface area contributed by atoms with Gasteiger partial charge in [0.2, 0.25) is 0 Å². The van der Waals surface area contributed by atoms with E-state index in [1.165, 1.54) is 11.0 Å². The van der Waals surface area contributed by atoms with Gasteiger partial charge in [-0.15, -0.1) is 5.10 Å². The highest BCUT2D eigenvalue weighted by Crippen LogP contribution is 2.33. The first-order valence-electron chi connectivity index (χ1n) is 8.14. The normalized spacial score (nSPS) is 16.7. The van der Waals surface area contributed by atoms with Crippen LogP contribution in [0.3, 0.4) is 0 Å². The second-order valence-corrected chi connectivity index (χ2v) is 6.34. The third-order valence-electron chi connectivity index (χ3n) is 4.31. The van der Waals surface area contributed by atoms with E-state index in [0.717, 1.165) is 12.0 Å². The lowest BCUT2D eigenvalue weighted by molar-refractivity contribution is 0.0951. The monoisotopic (exact) mass is 340 g/mol. The van der Waals surface area contributed by atoms with Crippen LogP contribution in [0.4, 0.5) is 10.1 Å². The summed E-state index contributed by atoms with van der Waals surface area (Å²) in [5, 5.41) is 7.60. The van der Waals surface area contributed by atoms with Crippen LogP contribution in [0.5, 0.6) is 0 Å². The van der Waals surface area contributed by atoms with Gasteiger partial charge < -0.3 is 9.32 Å². The fourth-order valence-corrected chi connectivity index (χ4v) is 3.24. The first-order valence-corrected chi connectivity index (χ1v) is 8.14. The smallest absolute Gasteiger partial charge is 0.294 e. The molecule has 128 valence electrons. The van der Waals surface area contributed by atoms with E-state index in [1.54, 1.807) is 35.3 Å². The quantitative estimate of drug-likeness (QED) is 0.735. The molecule has 0 spiro atoms. The van der Waals surface area contributed by atoms with Gasteiger partial charge in [-0.2, -0.15) is 0 Å². The Balaban J connectivity index is 1.62. The molecular weight excluding hydrogens is 323 g/mol. The van der Waals surface area contributed by atoms with Crippen LogP contribution in [0.25, 0.3) is 0 Å². The van der Waals surface area contributed by atoms with Crippen LogP contribution in [0.2, 0.25) is 0 Å². The Kier molecular flexibility index (Phi) is 3.83. The maximum Gasteiger partial charge on any atom is 0.294 e. The number of hydrogen-bond donors (Lipinski definition) is 0. The molecule has 1 aliphatic rings. The average molecular weight is 340 g/mol. The van der Waals surface area contributed by atoms with Gasteiger partial charge in [0.05, 0.1) is 11.9 Å². The van der Waals surface area contributed by atoms with Crippen LogP contribution in [-0.4, -0.2) is 27.4 Å². The molecule has 1 amide bonds. The standard InChI is InChI=1S/C18H17FN4O2/c1-12-9-13-3-2-4-15(19)17(13)23(10-12)18(24)16-6-5-14(25-16)11-22-8-7-20-21-22/h2-8,12H,9-11H2,1H3. The molecule has 1 atom stereocenters. The maximum absolute atomic E-state index is 14.3. The number of anilines is 1. The molecule has 1 unspecified atom stereocenters. The van der Waals surface area contributed by atoms with Crippen LogP contribution in [-0.2, 0) is 13.0 Å². The lowest BCUT2D eigenvalue weighted by atomic mass is 9.93. The summed E-state index contributed by atoms with van der Waals surface area (Å²) in [5.41, 5.74) is 1.21. The number of nitrogens with zero attached hydrogens (tertiary/aromatic N) is 4. The fraction of sp³-hybridized carbons (Fsp3) is 0.278. The minimum absolute atomic E-state index is 0.193. The topological polar surface area (TPSA) is 64.2 Å². The van der Waals surface area contributed by atoms with Crippen molar-refractivity contribution in [2.75, 3.05) is 11.4 Å². The highest BCUT2D eigenvalue weighted by Gasteiger charge is 2.31. The van der Waals surface area contributed by atoms with E-state index in [9.17, 15) is 9.18 Å². The Morgan fingerprint density at radius 3 is 3.04 bits per heavy atom. The maximum atomic E-state index is 14.3. The molecule has 0 radical (unpaired) electrons. The summed E-state index contributed by atoms with van der Waals surface area (Å²) in [6, 6.07) is 8.27. The summed E-state index contributed by atoms with van der Waals surface area (Å²) in [4.78, 5) is 14.4. The zero-order chi connectivity index (χ0) is 17.4. The molecule has 2 aromatic heterocycles. The molecule has 25 heavy (non-hydrogen) atoms. The summed E-state index contributed by atoms with van der Waals surface area (Å²) in [7, 11) is 0. The Bertz CT molecular complexity index is 904. The predicted octanol–water partition coefficient (Wildman–Crippen LogP) is 2.90. The number of furan rings is 1. The number of carbonyl (C=O) groups excluding carboxylic acids is 1. The van der Waals surface area contributed by atoms with Gasteiger partial charge in [-0.1, -0.05) is 24.3 Å². The molecule has 0 saturated carbocycles. The van der Waals surface area contributed by atoms with Crippen molar-refractivity contribution in [2.45, 2.75) is 19.9 Å². The van der Waals surface area contributed by atoms with Gasteiger partial charge in [0.1, 0.15) is 18.1 Å². The van der Waals surface area contributed by atoms with Crippen LogP contribution in [0.1, 0.15) is 28.8 Å². The molecule has 3 aromatic rings. The number of rotatable bonds is 3. The highest BCUT2D eigenvalue weighted by molar-refractivity contribution is 6.05. The van der Waals surface area contributed by atoms with Gasteiger partial charge in [0.15, 0.2) is 5.76 Å². The van der Waals surface area contributed by atoms with Gasteiger partial charge in [0, 0.05) is 12.7 Å². The number of benzene rings is 1. The van der Waals surface area contributed by atoms with Gasteiger partial charge in [0.25, 0.3) is 5.91 Å². The van der Waals surface area contributed by atoms with Crippen molar-refractivity contribution in [1.82, 2.24) is 15.0 Å². The van der Waals surface area contributed by atoms with Crippen LogP contribution >= 0.6 is 0 Å². The van der Waals surface area contributed by atoms with Crippen molar-refractivity contribution in [3.05, 3.63) is 65.6 Å². The molecule has 0 fully saturated rings. The van der Waals surface area contributed by atoms with Gasteiger partial charge in [-0.3, -0.25) is 4.79 Å². The van der Waals surface area contributed by atoms with Gasteiger partial charge >= 0.3 is 0 Å². The first kappa shape index (κ1) is 15.6. The van der Waals surface area contributed by atoms with Crippen LogP contribution < -0.4 is 4.90 Å². The van der Waals surface area contributed by atoms with Crippen molar-refractivity contribution >= 4 is 11.6 Å². The molecule has 1 aromatic carbocycles. The SMILES string of the molecule is CC1Cc2cccc(F)c2N(C(=O)c2ccc(Cn3ccnn3)o2)C1. The van der Waals surface area contributed by atoms with Gasteiger partial charge in [-0.25, -0.2) is 9.07 Å². The summed E-state index contributed by atoms with van der Waals surface area (Å²) in [6.45, 7) is 2.90. The largest absolute Gasteiger partial charge is 0.454 e. The Hall–Kier alpha value is -2.96. The molecule has 0 bridgehead atoms. The lowest BCUT2D eigenvalue weighted by Gasteiger charge is -2.32. The summed E-state index contributed by atoms with van der Waals surface area (Å²) < 4.78 is 21.6. The van der Waals surface area contributed by atoms with E-state index in [-0.39, 0.29) is 23.4 Å². The Labute approximate surface area is 143 Å². The molecule has 1 aliphatic heterocycles. The number of hydrogen-bond acceptors (Lipinski definition) is 4. The van der Waals surface area contributed by atoms with Crippen molar-refractivity contribution in [1.29, 1.82) is 0 Å². The number of para-hydroxylation sites is 1. The molecule has 0 aliphatic carbocycles. The average Bonchev–Trinajstić information content (AvgIpc) is 3.26. The third kappa shape index (κ3) is 2.93. The van der Waals surface area contributed by atoms with Crippen LogP contribution in [0, 0.1) is 11.7 Å². The molecule has 0 saturated heterocycles. The number of carbonyl (C=O) groups is 1. The van der Waals surface area contributed by atoms with E-state index in [4.69, 9.17) is 4.42 Å². The number of fused-ring (bicyclic) bond motifs is 1. The second-order valence-electron chi connectivity index (χ2n) is 6.34. The molecular formula is C18H17FN4O2. The van der Waals surface area contributed by atoms with Crippen molar-refractivity contribution in [3.8, 4) is 0 Å².